The fourth-order valence-electron chi connectivity index (χ4n) is 3.76. The van der Waals surface area contributed by atoms with Gasteiger partial charge >= 0.3 is 5.69 Å². The normalized spacial score (nSPS) is 12.3. The van der Waals surface area contributed by atoms with E-state index in [9.17, 15) is 9.59 Å². The summed E-state index contributed by atoms with van der Waals surface area (Å²) in [4.78, 5) is 26.9. The van der Waals surface area contributed by atoms with Crippen LogP contribution in [0.25, 0.3) is 16.6 Å². The van der Waals surface area contributed by atoms with Gasteiger partial charge in [0.25, 0.3) is 5.56 Å². The summed E-state index contributed by atoms with van der Waals surface area (Å²) >= 11 is 1.52. The SMILES string of the molecule is C=C(NCc1ccc2c(c1)OCO2)c1ccc2c(c1)c(=O)n(Cc1cccs1)c(=O)n2C. The molecule has 1 aliphatic heterocycles. The molecule has 162 valence electrons. The van der Waals surface area contributed by atoms with Gasteiger partial charge in [-0.1, -0.05) is 24.8 Å². The Bertz CT molecular complexity index is 1450. The Morgan fingerprint density at radius 3 is 2.78 bits per heavy atom. The van der Waals surface area contributed by atoms with Crippen molar-refractivity contribution < 1.29 is 9.47 Å². The number of rotatable bonds is 6. The van der Waals surface area contributed by atoms with Crippen LogP contribution in [0, 0.1) is 0 Å². The number of ether oxygens (including phenoxy) is 2. The molecule has 0 spiro atoms. The largest absolute Gasteiger partial charge is 0.454 e. The van der Waals surface area contributed by atoms with Crippen molar-refractivity contribution in [2.75, 3.05) is 6.79 Å². The summed E-state index contributed by atoms with van der Waals surface area (Å²) in [6.07, 6.45) is 0. The van der Waals surface area contributed by atoms with Crippen molar-refractivity contribution in [1.82, 2.24) is 14.5 Å². The first-order valence-corrected chi connectivity index (χ1v) is 11.0. The standard InChI is InChI=1S/C24H21N3O4S/c1-15(25-12-16-5-8-21-22(10-16)31-14-30-21)17-6-7-20-19(11-17)23(28)27(24(29)26(20)2)13-18-4-3-9-32-18/h3-11,25H,1,12-14H2,2H3. The van der Waals surface area contributed by atoms with E-state index in [1.165, 1.54) is 20.5 Å². The summed E-state index contributed by atoms with van der Waals surface area (Å²) in [6, 6.07) is 15.0. The fourth-order valence-corrected chi connectivity index (χ4v) is 4.46. The minimum Gasteiger partial charge on any atom is -0.454 e. The highest BCUT2D eigenvalue weighted by atomic mass is 32.1. The Labute approximate surface area is 187 Å². The molecule has 0 fully saturated rings. The lowest BCUT2D eigenvalue weighted by Gasteiger charge is -2.14. The number of aromatic nitrogens is 2. The van der Waals surface area contributed by atoms with Crippen molar-refractivity contribution in [3.8, 4) is 11.5 Å². The summed E-state index contributed by atoms with van der Waals surface area (Å²) in [5, 5.41) is 5.71. The summed E-state index contributed by atoms with van der Waals surface area (Å²) < 4.78 is 13.6. The first-order valence-electron chi connectivity index (χ1n) is 10.1. The summed E-state index contributed by atoms with van der Waals surface area (Å²) in [6.45, 7) is 5.17. The topological polar surface area (TPSA) is 74.5 Å². The van der Waals surface area contributed by atoms with E-state index < -0.39 is 0 Å². The Balaban J connectivity index is 1.43. The van der Waals surface area contributed by atoms with Gasteiger partial charge in [0.15, 0.2) is 11.5 Å². The second-order valence-corrected chi connectivity index (χ2v) is 8.60. The predicted molar refractivity (Wildman–Crippen MR) is 125 cm³/mol. The lowest BCUT2D eigenvalue weighted by atomic mass is 10.1. The molecule has 8 heteroatoms. The van der Waals surface area contributed by atoms with Crippen LogP contribution >= 0.6 is 11.3 Å². The van der Waals surface area contributed by atoms with Gasteiger partial charge in [-0.15, -0.1) is 11.3 Å². The Morgan fingerprint density at radius 1 is 1.12 bits per heavy atom. The number of benzene rings is 2. The lowest BCUT2D eigenvalue weighted by molar-refractivity contribution is 0.174. The molecule has 0 aliphatic carbocycles. The minimum atomic E-state index is -0.330. The Kier molecular flexibility index (Phi) is 5.07. The van der Waals surface area contributed by atoms with Gasteiger partial charge in [-0.2, -0.15) is 0 Å². The quantitative estimate of drug-likeness (QED) is 0.491. The maximum atomic E-state index is 13.2. The third kappa shape index (κ3) is 3.58. The average molecular weight is 448 g/mol. The van der Waals surface area contributed by atoms with E-state index >= 15 is 0 Å². The minimum absolute atomic E-state index is 0.239. The van der Waals surface area contributed by atoms with Gasteiger partial charge in [-0.05, 0) is 46.8 Å². The molecule has 0 saturated carbocycles. The maximum absolute atomic E-state index is 13.2. The third-order valence-electron chi connectivity index (χ3n) is 5.54. The molecule has 0 atom stereocenters. The molecule has 4 aromatic rings. The molecule has 3 heterocycles. The number of thiophene rings is 1. The molecule has 0 saturated heterocycles. The summed E-state index contributed by atoms with van der Waals surface area (Å²) in [7, 11) is 1.68. The predicted octanol–water partition coefficient (Wildman–Crippen LogP) is 3.30. The first kappa shape index (κ1) is 20.1. The monoisotopic (exact) mass is 447 g/mol. The van der Waals surface area contributed by atoms with Crippen LogP contribution in [0.15, 0.2) is 70.1 Å². The van der Waals surface area contributed by atoms with E-state index in [1.807, 2.05) is 41.8 Å². The molecule has 0 bridgehead atoms. The zero-order valence-electron chi connectivity index (χ0n) is 17.5. The van der Waals surface area contributed by atoms with Crippen molar-refractivity contribution in [2.24, 2.45) is 7.05 Å². The molecule has 7 nitrogen and oxygen atoms in total. The number of hydrogen-bond acceptors (Lipinski definition) is 6. The second-order valence-electron chi connectivity index (χ2n) is 7.56. The number of hydrogen-bond donors (Lipinski definition) is 1. The van der Waals surface area contributed by atoms with Crippen molar-refractivity contribution in [3.05, 3.63) is 97.3 Å². The molecule has 0 amide bonds. The molecule has 0 unspecified atom stereocenters. The zero-order chi connectivity index (χ0) is 22.2. The van der Waals surface area contributed by atoms with E-state index in [1.54, 1.807) is 19.2 Å². The Hall–Kier alpha value is -3.78. The van der Waals surface area contributed by atoms with E-state index in [2.05, 4.69) is 11.9 Å². The van der Waals surface area contributed by atoms with E-state index in [0.29, 0.717) is 23.1 Å². The van der Waals surface area contributed by atoms with E-state index in [-0.39, 0.29) is 24.6 Å². The smallest absolute Gasteiger partial charge is 0.331 e. The van der Waals surface area contributed by atoms with E-state index in [0.717, 1.165) is 27.5 Å². The molecule has 2 aromatic carbocycles. The molecule has 1 aliphatic rings. The van der Waals surface area contributed by atoms with Crippen molar-refractivity contribution >= 4 is 27.9 Å². The van der Waals surface area contributed by atoms with Gasteiger partial charge in [0.2, 0.25) is 6.79 Å². The van der Waals surface area contributed by atoms with Crippen LogP contribution in [0.2, 0.25) is 0 Å². The van der Waals surface area contributed by atoms with Crippen LogP contribution in [0.1, 0.15) is 16.0 Å². The maximum Gasteiger partial charge on any atom is 0.331 e. The van der Waals surface area contributed by atoms with Crippen LogP contribution in [-0.2, 0) is 20.1 Å². The third-order valence-corrected chi connectivity index (χ3v) is 6.40. The highest BCUT2D eigenvalue weighted by Crippen LogP contribution is 2.32. The molecule has 2 aromatic heterocycles. The van der Waals surface area contributed by atoms with Gasteiger partial charge in [0, 0.05) is 24.2 Å². The number of nitrogens with one attached hydrogen (secondary N) is 1. The lowest BCUT2D eigenvalue weighted by Crippen LogP contribution is -2.39. The van der Waals surface area contributed by atoms with Gasteiger partial charge < -0.3 is 14.8 Å². The molecule has 32 heavy (non-hydrogen) atoms. The first-order chi connectivity index (χ1) is 15.5. The molecular formula is C24H21N3O4S. The molecule has 1 N–H and O–H groups in total. The molecule has 0 radical (unpaired) electrons. The van der Waals surface area contributed by atoms with Gasteiger partial charge in [0.05, 0.1) is 17.4 Å². The zero-order valence-corrected chi connectivity index (χ0v) is 18.3. The van der Waals surface area contributed by atoms with Crippen molar-refractivity contribution in [3.63, 3.8) is 0 Å². The second kappa shape index (κ2) is 8.05. The van der Waals surface area contributed by atoms with E-state index in [4.69, 9.17) is 9.47 Å². The number of nitrogens with zero attached hydrogens (tertiary/aromatic N) is 2. The average Bonchev–Trinajstić information content (AvgIpc) is 3.50. The highest BCUT2D eigenvalue weighted by molar-refractivity contribution is 7.09. The molecular weight excluding hydrogens is 426 g/mol. The van der Waals surface area contributed by atoms with Crippen LogP contribution in [0.4, 0.5) is 0 Å². The molecule has 5 rings (SSSR count). The highest BCUT2D eigenvalue weighted by Gasteiger charge is 2.15. The van der Waals surface area contributed by atoms with Crippen LogP contribution in [0.3, 0.4) is 0 Å². The number of fused-ring (bicyclic) bond motifs is 2. The fraction of sp³-hybridized carbons (Fsp3) is 0.167. The van der Waals surface area contributed by atoms with Crippen LogP contribution in [-0.4, -0.2) is 15.9 Å². The van der Waals surface area contributed by atoms with Crippen LogP contribution in [0.5, 0.6) is 11.5 Å². The Morgan fingerprint density at radius 2 is 1.97 bits per heavy atom. The summed E-state index contributed by atoms with van der Waals surface area (Å²) in [5.41, 5.74) is 2.45. The van der Waals surface area contributed by atoms with Gasteiger partial charge in [-0.25, -0.2) is 4.79 Å². The summed E-state index contributed by atoms with van der Waals surface area (Å²) in [5.74, 6) is 1.47. The van der Waals surface area contributed by atoms with Gasteiger partial charge in [0.1, 0.15) is 0 Å². The van der Waals surface area contributed by atoms with Gasteiger partial charge in [-0.3, -0.25) is 13.9 Å². The van der Waals surface area contributed by atoms with Crippen molar-refractivity contribution in [2.45, 2.75) is 13.1 Å². The van der Waals surface area contributed by atoms with Crippen LogP contribution < -0.4 is 26.0 Å². The number of aryl methyl sites for hydroxylation is 1. The van der Waals surface area contributed by atoms with Crippen molar-refractivity contribution in [1.29, 1.82) is 0 Å².